The van der Waals surface area contributed by atoms with Crippen LogP contribution in [0.3, 0.4) is 0 Å². The van der Waals surface area contributed by atoms with Crippen LogP contribution in [-0.4, -0.2) is 53.1 Å². The number of halogens is 1. The van der Waals surface area contributed by atoms with E-state index in [2.05, 4.69) is 28.1 Å². The van der Waals surface area contributed by atoms with Crippen molar-refractivity contribution < 1.29 is 18.7 Å². The van der Waals surface area contributed by atoms with Crippen LogP contribution in [-0.2, 0) is 9.59 Å². The number of amides is 2. The zero-order valence-electron chi connectivity index (χ0n) is 19.2. The zero-order valence-corrected chi connectivity index (χ0v) is 19.2. The summed E-state index contributed by atoms with van der Waals surface area (Å²) in [5.74, 6) is 4.79. The van der Waals surface area contributed by atoms with E-state index in [0.717, 1.165) is 5.56 Å². The highest BCUT2D eigenvalue weighted by molar-refractivity contribution is 5.93. The van der Waals surface area contributed by atoms with Crippen molar-refractivity contribution >= 4 is 11.8 Å². The van der Waals surface area contributed by atoms with Crippen molar-refractivity contribution in [3.63, 3.8) is 0 Å². The number of nitrogens with one attached hydrogen (secondary N) is 3. The number of rotatable bonds is 4. The first kappa shape index (κ1) is 23.3. The number of hydrogen-bond donors (Lipinski definition) is 4. The van der Waals surface area contributed by atoms with E-state index >= 15 is 0 Å². The number of hydrogen-bond acceptors (Lipinski definition) is 7. The molecule has 0 radical (unpaired) electrons. The number of carbonyl (C=O) groups is 2. The van der Waals surface area contributed by atoms with E-state index in [1.54, 1.807) is 42.2 Å². The number of para-hydroxylation sites is 1. The summed E-state index contributed by atoms with van der Waals surface area (Å²) in [6, 6.07) is 12.7. The second kappa shape index (κ2) is 9.64. The molecule has 5 rings (SSSR count). The molecule has 10 heteroatoms. The van der Waals surface area contributed by atoms with Gasteiger partial charge in [-0.05, 0) is 49.1 Å². The smallest absolute Gasteiger partial charge is 0.298 e. The molecule has 0 aromatic heterocycles. The Morgan fingerprint density at radius 3 is 2.71 bits per heavy atom. The van der Waals surface area contributed by atoms with E-state index < -0.39 is 18.0 Å². The maximum atomic E-state index is 13.9. The summed E-state index contributed by atoms with van der Waals surface area (Å²) in [5, 5.41) is 1.95. The summed E-state index contributed by atoms with van der Waals surface area (Å²) in [6.45, 7) is 2.68. The molecule has 5 atom stereocenters. The molecule has 35 heavy (non-hydrogen) atoms. The van der Waals surface area contributed by atoms with Gasteiger partial charge in [0, 0.05) is 25.0 Å². The SMILES string of the molecule is CC#CC(=O)N1CC[C@@H](N2NC(c3ccc(Oc4ccccc4F)cc3)C3C(N)NNC(=O)C32)C1. The van der Waals surface area contributed by atoms with Crippen LogP contribution in [0.15, 0.2) is 48.5 Å². The summed E-state index contributed by atoms with van der Waals surface area (Å²) in [6.07, 6.45) is 0.227. The Morgan fingerprint density at radius 2 is 1.97 bits per heavy atom. The number of nitrogens with two attached hydrogens (primary N) is 1. The van der Waals surface area contributed by atoms with E-state index in [-0.39, 0.29) is 35.6 Å². The van der Waals surface area contributed by atoms with Crippen LogP contribution in [0.2, 0.25) is 0 Å². The van der Waals surface area contributed by atoms with Crippen molar-refractivity contribution in [3.8, 4) is 23.3 Å². The van der Waals surface area contributed by atoms with Crippen LogP contribution in [0.25, 0.3) is 0 Å². The minimum absolute atomic E-state index is 0.0604. The molecule has 0 spiro atoms. The Labute approximate surface area is 202 Å². The highest BCUT2D eigenvalue weighted by Gasteiger charge is 2.54. The summed E-state index contributed by atoms with van der Waals surface area (Å²) in [7, 11) is 0. The molecule has 0 saturated carbocycles. The predicted molar refractivity (Wildman–Crippen MR) is 126 cm³/mol. The molecule has 3 aliphatic heterocycles. The summed E-state index contributed by atoms with van der Waals surface area (Å²) in [4.78, 5) is 26.9. The quantitative estimate of drug-likeness (QED) is 0.486. The lowest BCUT2D eigenvalue weighted by Gasteiger charge is -2.36. The van der Waals surface area contributed by atoms with E-state index in [1.807, 2.05) is 17.1 Å². The maximum absolute atomic E-state index is 13.9. The van der Waals surface area contributed by atoms with Gasteiger partial charge in [0.25, 0.3) is 11.8 Å². The van der Waals surface area contributed by atoms with Gasteiger partial charge in [-0.1, -0.05) is 30.2 Å². The third-order valence-electron chi connectivity index (χ3n) is 6.76. The lowest BCUT2D eigenvalue weighted by Crippen LogP contribution is -2.67. The van der Waals surface area contributed by atoms with Gasteiger partial charge in [0.2, 0.25) is 0 Å². The second-order valence-electron chi connectivity index (χ2n) is 8.87. The third-order valence-corrected chi connectivity index (χ3v) is 6.76. The number of hydrazine groups is 2. The zero-order chi connectivity index (χ0) is 24.5. The average molecular weight is 479 g/mol. The Hall–Kier alpha value is -3.49. The molecular formula is C25H27FN6O3. The minimum Gasteiger partial charge on any atom is -0.454 e. The number of ether oxygens (including phenoxy) is 1. The largest absolute Gasteiger partial charge is 0.454 e. The maximum Gasteiger partial charge on any atom is 0.298 e. The Bertz CT molecular complexity index is 1180. The molecule has 0 bridgehead atoms. The molecule has 182 valence electrons. The van der Waals surface area contributed by atoms with Crippen LogP contribution in [0, 0.1) is 23.6 Å². The average Bonchev–Trinajstić information content (AvgIpc) is 3.50. The molecule has 9 nitrogen and oxygen atoms in total. The normalized spacial score (nSPS) is 28.1. The molecule has 4 unspecified atom stereocenters. The van der Waals surface area contributed by atoms with Crippen molar-refractivity contribution in [2.75, 3.05) is 13.1 Å². The first-order valence-electron chi connectivity index (χ1n) is 11.6. The number of carbonyl (C=O) groups excluding carboxylic acids is 2. The molecule has 5 N–H and O–H groups in total. The predicted octanol–water partition coefficient (Wildman–Crippen LogP) is 1.01. The van der Waals surface area contributed by atoms with Crippen molar-refractivity contribution in [2.45, 2.75) is 37.6 Å². The number of nitrogens with zero attached hydrogens (tertiary/aromatic N) is 2. The van der Waals surface area contributed by atoms with E-state index in [0.29, 0.717) is 25.3 Å². The number of benzene rings is 2. The Kier molecular flexibility index (Phi) is 6.40. The van der Waals surface area contributed by atoms with Gasteiger partial charge >= 0.3 is 0 Å². The van der Waals surface area contributed by atoms with Gasteiger partial charge in [0.1, 0.15) is 11.8 Å². The van der Waals surface area contributed by atoms with Crippen LogP contribution in [0.4, 0.5) is 4.39 Å². The molecular weight excluding hydrogens is 451 g/mol. The van der Waals surface area contributed by atoms with Gasteiger partial charge in [-0.3, -0.25) is 15.0 Å². The van der Waals surface area contributed by atoms with Crippen molar-refractivity contribution in [1.29, 1.82) is 0 Å². The first-order valence-corrected chi connectivity index (χ1v) is 11.6. The standard InChI is InChI=1S/C25H27FN6O3/c1-2-5-20(33)31-13-12-16(14-31)32-23-21(24(27)28-29-25(23)34)22(30-32)15-8-10-17(11-9-15)35-19-7-4-3-6-18(19)26/h3-4,6-11,16,21-24,28,30H,12-14,27H2,1H3,(H,29,34)/t16-,21?,22?,23?,24?/m1/s1. The first-order chi connectivity index (χ1) is 17.0. The summed E-state index contributed by atoms with van der Waals surface area (Å²) in [5.41, 5.74) is 16.3. The van der Waals surface area contributed by atoms with Gasteiger partial charge < -0.3 is 15.4 Å². The molecule has 0 aliphatic carbocycles. The highest BCUT2D eigenvalue weighted by Crippen LogP contribution is 2.39. The van der Waals surface area contributed by atoms with Gasteiger partial charge in [-0.2, -0.15) is 0 Å². The molecule has 2 aromatic carbocycles. The third kappa shape index (κ3) is 4.47. The summed E-state index contributed by atoms with van der Waals surface area (Å²) < 4.78 is 19.6. The lowest BCUT2D eigenvalue weighted by atomic mass is 9.85. The van der Waals surface area contributed by atoms with Crippen LogP contribution in [0.5, 0.6) is 11.5 Å². The van der Waals surface area contributed by atoms with Crippen molar-refractivity contribution in [1.82, 2.24) is 26.2 Å². The molecule has 2 aromatic rings. The van der Waals surface area contributed by atoms with E-state index in [4.69, 9.17) is 10.5 Å². The van der Waals surface area contributed by atoms with E-state index in [9.17, 15) is 14.0 Å². The second-order valence-corrected chi connectivity index (χ2v) is 8.87. The summed E-state index contributed by atoms with van der Waals surface area (Å²) >= 11 is 0. The van der Waals surface area contributed by atoms with Crippen LogP contribution < -0.4 is 26.7 Å². The van der Waals surface area contributed by atoms with Crippen molar-refractivity contribution in [2.24, 2.45) is 11.7 Å². The van der Waals surface area contributed by atoms with Crippen molar-refractivity contribution in [3.05, 3.63) is 59.9 Å². The number of fused-ring (bicyclic) bond motifs is 1. The highest BCUT2D eigenvalue weighted by atomic mass is 19.1. The molecule has 3 saturated heterocycles. The van der Waals surface area contributed by atoms with Gasteiger partial charge in [-0.25, -0.2) is 20.3 Å². The fourth-order valence-electron chi connectivity index (χ4n) is 5.09. The van der Waals surface area contributed by atoms with E-state index in [1.165, 1.54) is 6.07 Å². The molecule has 3 fully saturated rings. The molecule has 2 amide bonds. The van der Waals surface area contributed by atoms with Gasteiger partial charge in [-0.15, -0.1) is 0 Å². The fourth-order valence-corrected chi connectivity index (χ4v) is 5.09. The Morgan fingerprint density at radius 1 is 1.20 bits per heavy atom. The van der Waals surface area contributed by atoms with Gasteiger partial charge in [0.15, 0.2) is 11.6 Å². The molecule has 3 aliphatic rings. The topological polar surface area (TPSA) is 112 Å². The monoisotopic (exact) mass is 478 g/mol. The van der Waals surface area contributed by atoms with Crippen LogP contribution in [0.1, 0.15) is 24.9 Å². The van der Waals surface area contributed by atoms with Crippen LogP contribution >= 0.6 is 0 Å². The minimum atomic E-state index is -0.511. The fraction of sp³-hybridized carbons (Fsp3) is 0.360. The lowest BCUT2D eigenvalue weighted by molar-refractivity contribution is -0.132. The number of likely N-dealkylation sites (tertiary alicyclic amines) is 1. The Balaban J connectivity index is 1.37. The molecule has 3 heterocycles. The van der Waals surface area contributed by atoms with Gasteiger partial charge in [0.05, 0.1) is 12.2 Å².